The lowest BCUT2D eigenvalue weighted by atomic mass is 10.0. The van der Waals surface area contributed by atoms with Gasteiger partial charge in [-0.15, -0.1) is 0 Å². The summed E-state index contributed by atoms with van der Waals surface area (Å²) in [4.78, 5) is 11.4. The molecule has 122 valence electrons. The summed E-state index contributed by atoms with van der Waals surface area (Å²) in [5.41, 5.74) is 0.491. The number of amides is 1. The fraction of sp³-hybridized carbons (Fsp3) is 0.533. The van der Waals surface area contributed by atoms with Crippen LogP contribution in [0.15, 0.2) is 29.2 Å². The molecule has 1 aliphatic heterocycles. The van der Waals surface area contributed by atoms with Crippen molar-refractivity contribution in [2.45, 2.75) is 50.1 Å². The van der Waals surface area contributed by atoms with E-state index in [1.165, 1.54) is 19.2 Å². The molecule has 2 rings (SSSR count). The predicted octanol–water partition coefficient (Wildman–Crippen LogP) is 2.82. The maximum absolute atomic E-state index is 12.8. The van der Waals surface area contributed by atoms with E-state index in [9.17, 15) is 13.2 Å². The van der Waals surface area contributed by atoms with Crippen LogP contribution in [0.1, 0.15) is 33.1 Å². The molecule has 1 saturated heterocycles. The minimum Gasteiger partial charge on any atom is -0.453 e. The normalized spacial score (nSPS) is 23.0. The van der Waals surface area contributed by atoms with E-state index in [4.69, 9.17) is 0 Å². The molecule has 1 aromatic rings. The number of nitrogens with one attached hydrogen (secondary N) is 1. The average Bonchev–Trinajstić information content (AvgIpc) is 2.47. The van der Waals surface area contributed by atoms with Gasteiger partial charge in [-0.3, -0.25) is 5.32 Å². The van der Waals surface area contributed by atoms with Gasteiger partial charge >= 0.3 is 6.09 Å². The minimum atomic E-state index is -3.52. The summed E-state index contributed by atoms with van der Waals surface area (Å²) < 4.78 is 31.7. The molecule has 0 saturated carbocycles. The largest absolute Gasteiger partial charge is 0.453 e. The average molecular weight is 326 g/mol. The molecule has 0 spiro atoms. The molecular weight excluding hydrogens is 304 g/mol. The Hall–Kier alpha value is -1.60. The fourth-order valence-electron chi connectivity index (χ4n) is 2.87. The second kappa shape index (κ2) is 6.66. The van der Waals surface area contributed by atoms with Gasteiger partial charge in [0.05, 0.1) is 12.0 Å². The van der Waals surface area contributed by atoms with Gasteiger partial charge in [0, 0.05) is 17.8 Å². The number of benzene rings is 1. The molecule has 1 N–H and O–H groups in total. The van der Waals surface area contributed by atoms with Crippen molar-refractivity contribution in [1.29, 1.82) is 0 Å². The summed E-state index contributed by atoms with van der Waals surface area (Å²) in [6.45, 7) is 3.89. The van der Waals surface area contributed by atoms with E-state index in [2.05, 4.69) is 10.1 Å². The summed E-state index contributed by atoms with van der Waals surface area (Å²) in [6, 6.07) is 6.14. The Kier molecular flexibility index (Phi) is 5.08. The van der Waals surface area contributed by atoms with Crippen LogP contribution in [0.4, 0.5) is 10.5 Å². The molecule has 0 aliphatic carbocycles. The molecule has 1 aliphatic rings. The minimum absolute atomic E-state index is 0.00150. The molecule has 1 amide bonds. The van der Waals surface area contributed by atoms with Crippen molar-refractivity contribution >= 4 is 21.8 Å². The third kappa shape index (κ3) is 3.41. The second-order valence-corrected chi connectivity index (χ2v) is 7.45. The zero-order valence-electron chi connectivity index (χ0n) is 13.1. The van der Waals surface area contributed by atoms with Gasteiger partial charge < -0.3 is 4.74 Å². The Morgan fingerprint density at radius 1 is 1.18 bits per heavy atom. The number of rotatable bonds is 3. The van der Waals surface area contributed by atoms with Crippen LogP contribution >= 0.6 is 0 Å². The molecule has 1 aromatic carbocycles. The van der Waals surface area contributed by atoms with E-state index in [1.807, 2.05) is 13.8 Å². The summed E-state index contributed by atoms with van der Waals surface area (Å²) >= 11 is 0. The van der Waals surface area contributed by atoms with Crippen LogP contribution in [0.3, 0.4) is 0 Å². The highest BCUT2D eigenvalue weighted by Gasteiger charge is 2.35. The van der Waals surface area contributed by atoms with E-state index < -0.39 is 16.1 Å². The number of ether oxygens (including phenoxy) is 1. The van der Waals surface area contributed by atoms with Gasteiger partial charge in [-0.25, -0.2) is 13.2 Å². The number of hydrogen-bond acceptors (Lipinski definition) is 4. The monoisotopic (exact) mass is 326 g/mol. The highest BCUT2D eigenvalue weighted by Crippen LogP contribution is 2.29. The smallest absolute Gasteiger partial charge is 0.411 e. The first-order valence-corrected chi connectivity index (χ1v) is 8.79. The summed E-state index contributed by atoms with van der Waals surface area (Å²) in [5.74, 6) is 0. The Labute approximate surface area is 131 Å². The lowest BCUT2D eigenvalue weighted by Crippen LogP contribution is -2.47. The Balaban J connectivity index is 2.24. The van der Waals surface area contributed by atoms with E-state index >= 15 is 0 Å². The van der Waals surface area contributed by atoms with Crippen LogP contribution in [-0.4, -0.2) is 38.0 Å². The molecule has 7 heteroatoms. The number of nitrogens with zero attached hydrogens (tertiary/aromatic N) is 1. The number of piperidine rings is 1. The third-order valence-corrected chi connectivity index (χ3v) is 6.12. The quantitative estimate of drug-likeness (QED) is 0.926. The molecular formula is C15H22N2O4S. The maximum atomic E-state index is 12.8. The Bertz CT molecular complexity index is 617. The van der Waals surface area contributed by atoms with Crippen LogP contribution in [0.25, 0.3) is 0 Å². The second-order valence-electron chi connectivity index (χ2n) is 5.60. The third-order valence-electron chi connectivity index (χ3n) is 3.97. The molecule has 1 heterocycles. The standard InChI is InChI=1S/C15H22N2O4S/c1-11-5-4-6-12(2)17(11)22(19,20)14-9-7-13(8-10-14)16-15(18)21-3/h7-12H,4-6H2,1-3H3,(H,16,18)/t11-,12+. The van der Waals surface area contributed by atoms with E-state index in [0.717, 1.165) is 19.3 Å². The number of methoxy groups -OCH3 is 1. The van der Waals surface area contributed by atoms with Crippen LogP contribution in [0.5, 0.6) is 0 Å². The van der Waals surface area contributed by atoms with Crippen LogP contribution in [0.2, 0.25) is 0 Å². The zero-order valence-corrected chi connectivity index (χ0v) is 13.9. The fourth-order valence-corrected chi connectivity index (χ4v) is 4.75. The first-order valence-electron chi connectivity index (χ1n) is 7.35. The van der Waals surface area contributed by atoms with Crippen LogP contribution in [-0.2, 0) is 14.8 Å². The number of hydrogen-bond donors (Lipinski definition) is 1. The summed E-state index contributed by atoms with van der Waals surface area (Å²) in [5, 5.41) is 2.50. The number of carbonyl (C=O) groups excluding carboxylic acids is 1. The lowest BCUT2D eigenvalue weighted by Gasteiger charge is -2.37. The van der Waals surface area contributed by atoms with Crippen molar-refractivity contribution in [2.75, 3.05) is 12.4 Å². The van der Waals surface area contributed by atoms with Gasteiger partial charge in [-0.05, 0) is 51.0 Å². The van der Waals surface area contributed by atoms with E-state index in [-0.39, 0.29) is 17.0 Å². The topological polar surface area (TPSA) is 75.7 Å². The van der Waals surface area contributed by atoms with Crippen LogP contribution < -0.4 is 5.32 Å². The molecule has 0 unspecified atom stereocenters. The number of anilines is 1. The number of sulfonamides is 1. The van der Waals surface area contributed by atoms with Gasteiger partial charge in [-0.2, -0.15) is 4.31 Å². The Morgan fingerprint density at radius 3 is 2.23 bits per heavy atom. The van der Waals surface area contributed by atoms with Gasteiger partial charge in [0.15, 0.2) is 0 Å². The summed E-state index contributed by atoms with van der Waals surface area (Å²) in [7, 11) is -2.25. The SMILES string of the molecule is COC(=O)Nc1ccc(S(=O)(=O)N2[C@H](C)CCC[C@@H]2C)cc1. The lowest BCUT2D eigenvalue weighted by molar-refractivity contribution is 0.187. The molecule has 22 heavy (non-hydrogen) atoms. The molecule has 0 aromatic heterocycles. The van der Waals surface area contributed by atoms with Crippen molar-refractivity contribution in [2.24, 2.45) is 0 Å². The number of carbonyl (C=O) groups is 1. The highest BCUT2D eigenvalue weighted by molar-refractivity contribution is 7.89. The van der Waals surface area contributed by atoms with Crippen molar-refractivity contribution < 1.29 is 17.9 Å². The Morgan fingerprint density at radius 2 is 1.73 bits per heavy atom. The first-order chi connectivity index (χ1) is 10.4. The molecule has 0 radical (unpaired) electrons. The first kappa shape index (κ1) is 16.8. The maximum Gasteiger partial charge on any atom is 0.411 e. The highest BCUT2D eigenvalue weighted by atomic mass is 32.2. The molecule has 6 nitrogen and oxygen atoms in total. The van der Waals surface area contributed by atoms with Gasteiger partial charge in [0.1, 0.15) is 0 Å². The zero-order chi connectivity index (χ0) is 16.3. The molecule has 1 fully saturated rings. The van der Waals surface area contributed by atoms with Crippen molar-refractivity contribution in [3.63, 3.8) is 0 Å². The predicted molar refractivity (Wildman–Crippen MR) is 84.3 cm³/mol. The van der Waals surface area contributed by atoms with Gasteiger partial charge in [0.2, 0.25) is 10.0 Å². The van der Waals surface area contributed by atoms with Crippen molar-refractivity contribution in [3.8, 4) is 0 Å². The van der Waals surface area contributed by atoms with Gasteiger partial charge in [0.25, 0.3) is 0 Å². The van der Waals surface area contributed by atoms with E-state index in [1.54, 1.807) is 16.4 Å². The van der Waals surface area contributed by atoms with E-state index in [0.29, 0.717) is 5.69 Å². The summed E-state index contributed by atoms with van der Waals surface area (Å²) in [6.07, 6.45) is 2.22. The van der Waals surface area contributed by atoms with Gasteiger partial charge in [-0.1, -0.05) is 6.42 Å². The molecule has 0 bridgehead atoms. The van der Waals surface area contributed by atoms with Crippen LogP contribution in [0, 0.1) is 0 Å². The van der Waals surface area contributed by atoms with Crippen molar-refractivity contribution in [1.82, 2.24) is 4.31 Å². The van der Waals surface area contributed by atoms with Crippen molar-refractivity contribution in [3.05, 3.63) is 24.3 Å². The molecule has 2 atom stereocenters.